The number of methoxy groups -OCH3 is 1. The number of aromatic nitrogens is 2. The van der Waals surface area contributed by atoms with Crippen LogP contribution >= 0.6 is 0 Å². The number of hydrogen-bond donors (Lipinski definition) is 2. The minimum Gasteiger partial charge on any atom is -0.490 e. The van der Waals surface area contributed by atoms with E-state index in [1.807, 2.05) is 6.07 Å². The molecule has 3 heterocycles. The third kappa shape index (κ3) is 6.37. The molecule has 1 amide bonds. The highest BCUT2D eigenvalue weighted by atomic mass is 19.1. The molecule has 0 bridgehead atoms. The van der Waals surface area contributed by atoms with Gasteiger partial charge in [0.15, 0.2) is 0 Å². The van der Waals surface area contributed by atoms with Crippen LogP contribution in [0.15, 0.2) is 42.7 Å². The summed E-state index contributed by atoms with van der Waals surface area (Å²) in [6.07, 6.45) is 5.50. The largest absolute Gasteiger partial charge is 0.490 e. The van der Waals surface area contributed by atoms with Crippen molar-refractivity contribution in [3.63, 3.8) is 0 Å². The molecule has 1 aromatic carbocycles. The van der Waals surface area contributed by atoms with Crippen molar-refractivity contribution in [3.05, 3.63) is 71.4 Å². The molecule has 41 heavy (non-hydrogen) atoms. The van der Waals surface area contributed by atoms with Crippen molar-refractivity contribution in [3.8, 4) is 17.0 Å². The van der Waals surface area contributed by atoms with Crippen LogP contribution in [-0.2, 0) is 9.47 Å². The number of nitrogens with zero attached hydrogens (tertiary/aromatic N) is 2. The van der Waals surface area contributed by atoms with Crippen molar-refractivity contribution >= 4 is 11.6 Å². The molecular formula is C30H33F3N4O4. The molecule has 0 unspecified atom stereocenters. The fourth-order valence-corrected chi connectivity index (χ4v) is 5.85. The van der Waals surface area contributed by atoms with Crippen LogP contribution in [0, 0.1) is 23.4 Å². The molecular weight excluding hydrogens is 537 g/mol. The summed E-state index contributed by atoms with van der Waals surface area (Å²) in [5, 5.41) is 2.78. The molecule has 2 aliphatic rings. The van der Waals surface area contributed by atoms with Gasteiger partial charge >= 0.3 is 0 Å². The highest BCUT2D eigenvalue weighted by Gasteiger charge is 2.35. The first-order chi connectivity index (χ1) is 19.7. The van der Waals surface area contributed by atoms with Crippen molar-refractivity contribution in [1.29, 1.82) is 0 Å². The number of rotatable bonds is 7. The van der Waals surface area contributed by atoms with Crippen LogP contribution in [-0.4, -0.2) is 54.4 Å². The first-order valence-electron chi connectivity index (χ1n) is 13.7. The molecule has 1 aliphatic carbocycles. The fourth-order valence-electron chi connectivity index (χ4n) is 5.85. The van der Waals surface area contributed by atoms with Gasteiger partial charge in [0, 0.05) is 44.3 Å². The molecule has 11 heteroatoms. The summed E-state index contributed by atoms with van der Waals surface area (Å²) in [4.78, 5) is 21.4. The van der Waals surface area contributed by atoms with Crippen molar-refractivity contribution in [2.45, 2.75) is 56.8 Å². The van der Waals surface area contributed by atoms with Crippen LogP contribution in [0.1, 0.15) is 54.6 Å². The molecule has 1 aliphatic heterocycles. The summed E-state index contributed by atoms with van der Waals surface area (Å²) >= 11 is 0. The van der Waals surface area contributed by atoms with Crippen LogP contribution in [0.25, 0.3) is 11.3 Å². The minimum atomic E-state index is -1.05. The van der Waals surface area contributed by atoms with Crippen molar-refractivity contribution in [2.24, 2.45) is 11.7 Å². The van der Waals surface area contributed by atoms with Crippen molar-refractivity contribution in [1.82, 2.24) is 9.97 Å². The summed E-state index contributed by atoms with van der Waals surface area (Å²) in [6.45, 7) is 3.07. The van der Waals surface area contributed by atoms with Gasteiger partial charge in [-0.25, -0.2) is 18.2 Å². The zero-order valence-corrected chi connectivity index (χ0v) is 22.9. The van der Waals surface area contributed by atoms with Gasteiger partial charge in [-0.15, -0.1) is 0 Å². The number of pyridine rings is 2. The van der Waals surface area contributed by atoms with Crippen LogP contribution in [0.5, 0.6) is 5.75 Å². The summed E-state index contributed by atoms with van der Waals surface area (Å²) in [5.74, 6) is -3.52. The summed E-state index contributed by atoms with van der Waals surface area (Å²) < 4.78 is 61.6. The van der Waals surface area contributed by atoms with Gasteiger partial charge in [-0.2, -0.15) is 0 Å². The summed E-state index contributed by atoms with van der Waals surface area (Å²) in [7, 11) is 1.65. The smallest absolute Gasteiger partial charge is 0.274 e. The van der Waals surface area contributed by atoms with E-state index < -0.39 is 34.6 Å². The Bertz CT molecular complexity index is 1370. The highest BCUT2D eigenvalue weighted by Crippen LogP contribution is 2.39. The van der Waals surface area contributed by atoms with E-state index in [9.17, 15) is 9.18 Å². The molecule has 0 spiro atoms. The van der Waals surface area contributed by atoms with Crippen LogP contribution in [0.3, 0.4) is 0 Å². The van der Waals surface area contributed by atoms with E-state index in [1.54, 1.807) is 13.3 Å². The third-order valence-electron chi connectivity index (χ3n) is 7.81. The molecule has 3 N–H and O–H groups in total. The van der Waals surface area contributed by atoms with E-state index in [4.69, 9.17) is 19.9 Å². The number of nitrogens with one attached hydrogen (secondary N) is 1. The highest BCUT2D eigenvalue weighted by molar-refractivity contribution is 6.03. The SMILES string of the molecule is CO[C@H]1[C@H](N)C[C@H](c2ccncc2NC(=O)c2ccc(F)c(-c3c(F)cc(OC4CCOCC4)cc3F)n2)C[C@@H]1C. The second-order valence-electron chi connectivity index (χ2n) is 10.6. The van der Waals surface area contributed by atoms with E-state index in [-0.39, 0.29) is 41.5 Å². The van der Waals surface area contributed by atoms with Crippen molar-refractivity contribution in [2.75, 3.05) is 25.6 Å². The van der Waals surface area contributed by atoms with E-state index in [0.717, 1.165) is 36.2 Å². The first-order valence-corrected chi connectivity index (χ1v) is 13.7. The Balaban J connectivity index is 1.37. The third-order valence-corrected chi connectivity index (χ3v) is 7.81. The topological polar surface area (TPSA) is 109 Å². The van der Waals surface area contributed by atoms with E-state index >= 15 is 8.78 Å². The van der Waals surface area contributed by atoms with Crippen LogP contribution in [0.4, 0.5) is 18.9 Å². The molecule has 0 radical (unpaired) electrons. The fraction of sp³-hybridized carbons (Fsp3) is 0.433. The normalized spacial score (nSPS) is 23.3. The molecule has 2 fully saturated rings. The second kappa shape index (κ2) is 12.5. The van der Waals surface area contributed by atoms with E-state index in [1.165, 1.54) is 6.20 Å². The predicted octanol–water partition coefficient (Wildman–Crippen LogP) is 5.23. The molecule has 1 saturated heterocycles. The number of anilines is 1. The van der Waals surface area contributed by atoms with Gasteiger partial charge in [-0.3, -0.25) is 9.78 Å². The van der Waals surface area contributed by atoms with Gasteiger partial charge in [0.05, 0.1) is 36.8 Å². The lowest BCUT2D eigenvalue weighted by molar-refractivity contribution is 0.00983. The maximum absolute atomic E-state index is 15.1. The molecule has 218 valence electrons. The molecule has 1 saturated carbocycles. The maximum Gasteiger partial charge on any atom is 0.274 e. The number of carbonyl (C=O) groups excluding carboxylic acids is 1. The molecule has 8 nitrogen and oxygen atoms in total. The van der Waals surface area contributed by atoms with Crippen LogP contribution in [0.2, 0.25) is 0 Å². The molecule has 3 aromatic rings. The quantitative estimate of drug-likeness (QED) is 0.401. The molecule has 5 rings (SSSR count). The zero-order chi connectivity index (χ0) is 29.1. The number of benzene rings is 1. The Kier molecular flexibility index (Phi) is 8.86. The first kappa shape index (κ1) is 29.0. The molecule has 2 aromatic heterocycles. The molecule has 4 atom stereocenters. The number of nitrogens with two attached hydrogens (primary N) is 1. The maximum atomic E-state index is 15.1. The lowest BCUT2D eigenvalue weighted by Crippen LogP contribution is -2.45. The zero-order valence-electron chi connectivity index (χ0n) is 22.9. The Morgan fingerprint density at radius 1 is 1.07 bits per heavy atom. The van der Waals surface area contributed by atoms with E-state index in [0.29, 0.717) is 38.2 Å². The second-order valence-corrected chi connectivity index (χ2v) is 10.6. The Hall–Kier alpha value is -3.54. The number of hydrogen-bond acceptors (Lipinski definition) is 7. The van der Waals surface area contributed by atoms with Gasteiger partial charge in [-0.05, 0) is 48.4 Å². The van der Waals surface area contributed by atoms with E-state index in [2.05, 4.69) is 22.2 Å². The Morgan fingerprint density at radius 2 is 1.80 bits per heavy atom. The number of amides is 1. The Morgan fingerprint density at radius 3 is 2.49 bits per heavy atom. The van der Waals surface area contributed by atoms with Crippen molar-refractivity contribution < 1.29 is 32.2 Å². The minimum absolute atomic E-state index is 0.0115. The average Bonchev–Trinajstić information content (AvgIpc) is 2.94. The predicted molar refractivity (Wildman–Crippen MR) is 146 cm³/mol. The Labute approximate surface area is 236 Å². The monoisotopic (exact) mass is 570 g/mol. The van der Waals surface area contributed by atoms with Crippen LogP contribution < -0.4 is 15.8 Å². The van der Waals surface area contributed by atoms with Gasteiger partial charge in [-0.1, -0.05) is 6.92 Å². The van der Waals surface area contributed by atoms with Gasteiger partial charge in [0.2, 0.25) is 0 Å². The van der Waals surface area contributed by atoms with Gasteiger partial charge in [0.25, 0.3) is 5.91 Å². The van der Waals surface area contributed by atoms with Gasteiger partial charge < -0.3 is 25.3 Å². The van der Waals surface area contributed by atoms with Gasteiger partial charge in [0.1, 0.15) is 40.7 Å². The number of ether oxygens (including phenoxy) is 3. The number of halogens is 3. The summed E-state index contributed by atoms with van der Waals surface area (Å²) in [6, 6.07) is 5.75. The lowest BCUT2D eigenvalue weighted by Gasteiger charge is -2.38. The average molecular weight is 571 g/mol. The standard InChI is InChI=1S/C30H33F3N4O4/c1-16-11-17(12-24(34)29(16)39-2)20-5-8-35-15-26(20)37-30(38)25-4-3-21(31)28(36-25)27-22(32)13-19(14-23(27)33)41-18-6-9-40-10-7-18/h3-5,8,13-18,24,29H,6-7,9-12,34H2,1-2H3,(H,37,38)/t16-,17+,24+,29+/m0/s1. The summed E-state index contributed by atoms with van der Waals surface area (Å²) in [5.41, 5.74) is 6.16. The number of carbonyl (C=O) groups is 1. The lowest BCUT2D eigenvalue weighted by atomic mass is 9.74.